The van der Waals surface area contributed by atoms with E-state index in [1.165, 1.54) is 11.6 Å². The molecule has 0 aliphatic carbocycles. The first-order chi connectivity index (χ1) is 12.6. The molecule has 136 valence electrons. The molecule has 1 unspecified atom stereocenters. The van der Waals surface area contributed by atoms with Gasteiger partial charge in [-0.25, -0.2) is 0 Å². The molecule has 1 N–H and O–H groups in total. The first kappa shape index (κ1) is 18.1. The van der Waals surface area contributed by atoms with Crippen LogP contribution in [0.3, 0.4) is 0 Å². The Hall–Kier alpha value is -2.73. The van der Waals surface area contributed by atoms with E-state index in [9.17, 15) is 14.9 Å². The van der Waals surface area contributed by atoms with Gasteiger partial charge in [0.1, 0.15) is 5.69 Å². The van der Waals surface area contributed by atoms with Crippen molar-refractivity contribution in [2.24, 2.45) is 0 Å². The van der Waals surface area contributed by atoms with Crippen LogP contribution in [-0.4, -0.2) is 34.9 Å². The summed E-state index contributed by atoms with van der Waals surface area (Å²) in [6, 6.07) is 16.4. The number of benzene rings is 2. The number of amides is 1. The van der Waals surface area contributed by atoms with Crippen LogP contribution in [-0.2, 0) is 4.79 Å². The average molecular weight is 353 g/mol. The molecule has 1 heterocycles. The number of nitro benzene ring substituents is 1. The highest BCUT2D eigenvalue weighted by molar-refractivity contribution is 5.96. The van der Waals surface area contributed by atoms with Crippen molar-refractivity contribution in [3.63, 3.8) is 0 Å². The first-order valence-corrected chi connectivity index (χ1v) is 8.89. The Bertz CT molecular complexity index is 771. The summed E-state index contributed by atoms with van der Waals surface area (Å²) in [6.07, 6.45) is 2.01. The summed E-state index contributed by atoms with van der Waals surface area (Å²) >= 11 is 0. The second kappa shape index (κ2) is 8.10. The van der Waals surface area contributed by atoms with Crippen LogP contribution in [0.2, 0.25) is 0 Å². The third-order valence-corrected chi connectivity index (χ3v) is 5.09. The zero-order chi connectivity index (χ0) is 18.5. The Morgan fingerprint density at radius 1 is 1.12 bits per heavy atom. The largest absolute Gasteiger partial charge is 0.319 e. The number of hydrogen-bond acceptors (Lipinski definition) is 4. The van der Waals surface area contributed by atoms with E-state index in [4.69, 9.17) is 0 Å². The van der Waals surface area contributed by atoms with E-state index < -0.39 is 4.92 Å². The summed E-state index contributed by atoms with van der Waals surface area (Å²) in [5.74, 6) is 0.315. The molecule has 1 aliphatic heterocycles. The van der Waals surface area contributed by atoms with Gasteiger partial charge >= 0.3 is 0 Å². The van der Waals surface area contributed by atoms with Gasteiger partial charge in [0.15, 0.2) is 0 Å². The molecule has 0 saturated carbocycles. The van der Waals surface area contributed by atoms with Gasteiger partial charge in [0.2, 0.25) is 5.91 Å². The Morgan fingerprint density at radius 2 is 1.73 bits per heavy atom. The molecule has 0 radical (unpaired) electrons. The van der Waals surface area contributed by atoms with E-state index in [2.05, 4.69) is 34.5 Å². The Morgan fingerprint density at radius 3 is 2.38 bits per heavy atom. The molecule has 1 atom stereocenters. The number of anilines is 1. The van der Waals surface area contributed by atoms with Gasteiger partial charge in [0.05, 0.1) is 11.0 Å². The maximum absolute atomic E-state index is 12.6. The number of nitro groups is 1. The quantitative estimate of drug-likeness (QED) is 0.655. The average Bonchev–Trinajstić information content (AvgIpc) is 2.68. The van der Waals surface area contributed by atoms with Crippen molar-refractivity contribution < 1.29 is 9.72 Å². The van der Waals surface area contributed by atoms with Crippen LogP contribution in [0.15, 0.2) is 54.6 Å². The van der Waals surface area contributed by atoms with Crippen LogP contribution in [0.4, 0.5) is 11.4 Å². The van der Waals surface area contributed by atoms with Crippen LogP contribution in [0.1, 0.15) is 31.2 Å². The number of nitrogens with one attached hydrogen (secondary N) is 1. The number of likely N-dealkylation sites (tertiary alicyclic amines) is 1. The van der Waals surface area contributed by atoms with Gasteiger partial charge in [0, 0.05) is 6.07 Å². The third kappa shape index (κ3) is 4.08. The Labute approximate surface area is 153 Å². The molecule has 2 aromatic carbocycles. The van der Waals surface area contributed by atoms with Crippen molar-refractivity contribution in [2.45, 2.75) is 31.7 Å². The fraction of sp³-hybridized carbons (Fsp3) is 0.350. The Balaban J connectivity index is 1.59. The molecule has 1 amide bonds. The molecular weight excluding hydrogens is 330 g/mol. The van der Waals surface area contributed by atoms with Gasteiger partial charge < -0.3 is 5.32 Å². The lowest BCUT2D eigenvalue weighted by Gasteiger charge is -2.35. The fourth-order valence-electron chi connectivity index (χ4n) is 3.49. The highest BCUT2D eigenvalue weighted by atomic mass is 16.6. The maximum Gasteiger partial charge on any atom is 0.292 e. The number of rotatable bonds is 5. The van der Waals surface area contributed by atoms with Crippen LogP contribution in [0.5, 0.6) is 0 Å². The zero-order valence-corrected chi connectivity index (χ0v) is 14.8. The van der Waals surface area contributed by atoms with Crippen LogP contribution in [0.25, 0.3) is 0 Å². The van der Waals surface area contributed by atoms with Crippen molar-refractivity contribution in [2.75, 3.05) is 18.4 Å². The monoisotopic (exact) mass is 353 g/mol. The van der Waals surface area contributed by atoms with Crippen molar-refractivity contribution in [1.29, 1.82) is 0 Å². The van der Waals surface area contributed by atoms with Gasteiger partial charge in [-0.05, 0) is 50.4 Å². The summed E-state index contributed by atoms with van der Waals surface area (Å²) < 4.78 is 0. The minimum absolute atomic E-state index is 0.0872. The van der Waals surface area contributed by atoms with E-state index in [1.54, 1.807) is 18.2 Å². The normalized spacial score (nSPS) is 16.8. The molecule has 1 aliphatic rings. The molecule has 0 bridgehead atoms. The minimum Gasteiger partial charge on any atom is -0.319 e. The second-order valence-electron chi connectivity index (χ2n) is 6.66. The second-order valence-corrected chi connectivity index (χ2v) is 6.66. The van der Waals surface area contributed by atoms with E-state index in [1.807, 2.05) is 13.0 Å². The van der Waals surface area contributed by atoms with E-state index in [0.29, 0.717) is 5.92 Å². The molecule has 26 heavy (non-hydrogen) atoms. The van der Waals surface area contributed by atoms with Crippen LogP contribution < -0.4 is 5.32 Å². The first-order valence-electron chi connectivity index (χ1n) is 8.89. The van der Waals surface area contributed by atoms with Crippen molar-refractivity contribution in [3.8, 4) is 0 Å². The van der Waals surface area contributed by atoms with Gasteiger partial charge in [-0.3, -0.25) is 19.8 Å². The standard InChI is InChI=1S/C20H23N3O3/c1-15(20(24)21-18-9-5-6-10-19(18)23(25)26)22-13-11-17(12-14-22)16-7-3-2-4-8-16/h2-10,15,17H,11-14H2,1H3,(H,21,24). The summed E-state index contributed by atoms with van der Waals surface area (Å²) in [7, 11) is 0. The number of carbonyl (C=O) groups is 1. The lowest BCUT2D eigenvalue weighted by Crippen LogP contribution is -2.45. The summed E-state index contributed by atoms with van der Waals surface area (Å²) in [5, 5.41) is 13.8. The predicted molar refractivity (Wildman–Crippen MR) is 101 cm³/mol. The van der Waals surface area contributed by atoms with Crippen molar-refractivity contribution >= 4 is 17.3 Å². The van der Waals surface area contributed by atoms with Gasteiger partial charge in [-0.15, -0.1) is 0 Å². The molecular formula is C20H23N3O3. The van der Waals surface area contributed by atoms with Gasteiger partial charge in [0.25, 0.3) is 5.69 Å². The van der Waals surface area contributed by atoms with Gasteiger partial charge in [-0.1, -0.05) is 42.5 Å². The molecule has 6 nitrogen and oxygen atoms in total. The number of hydrogen-bond donors (Lipinski definition) is 1. The Kier molecular flexibility index (Phi) is 5.63. The van der Waals surface area contributed by atoms with Gasteiger partial charge in [-0.2, -0.15) is 0 Å². The minimum atomic E-state index is -0.481. The van der Waals surface area contributed by atoms with Crippen LogP contribution >= 0.6 is 0 Å². The summed E-state index contributed by atoms with van der Waals surface area (Å²) in [6.45, 7) is 3.53. The highest BCUT2D eigenvalue weighted by Gasteiger charge is 2.28. The van der Waals surface area contributed by atoms with E-state index >= 15 is 0 Å². The number of para-hydroxylation sites is 2. The van der Waals surface area contributed by atoms with E-state index in [0.717, 1.165) is 25.9 Å². The van der Waals surface area contributed by atoms with E-state index in [-0.39, 0.29) is 23.3 Å². The van der Waals surface area contributed by atoms with Crippen LogP contribution in [0, 0.1) is 10.1 Å². The molecule has 3 rings (SSSR count). The smallest absolute Gasteiger partial charge is 0.292 e. The zero-order valence-electron chi connectivity index (χ0n) is 14.8. The lowest BCUT2D eigenvalue weighted by molar-refractivity contribution is -0.383. The predicted octanol–water partition coefficient (Wildman–Crippen LogP) is 3.80. The highest BCUT2D eigenvalue weighted by Crippen LogP contribution is 2.29. The lowest BCUT2D eigenvalue weighted by atomic mass is 9.89. The molecule has 0 aromatic heterocycles. The summed E-state index contributed by atoms with van der Waals surface area (Å²) in [4.78, 5) is 25.3. The maximum atomic E-state index is 12.6. The topological polar surface area (TPSA) is 75.5 Å². The third-order valence-electron chi connectivity index (χ3n) is 5.09. The summed E-state index contributed by atoms with van der Waals surface area (Å²) in [5.41, 5.74) is 1.51. The van der Waals surface area contributed by atoms with Crippen molar-refractivity contribution in [3.05, 3.63) is 70.3 Å². The number of carbonyl (C=O) groups excluding carboxylic acids is 1. The molecule has 1 saturated heterocycles. The molecule has 6 heteroatoms. The number of nitrogens with zero attached hydrogens (tertiary/aromatic N) is 2. The molecule has 1 fully saturated rings. The SMILES string of the molecule is CC(C(=O)Nc1ccccc1[N+](=O)[O-])N1CCC(c2ccccc2)CC1. The number of piperidine rings is 1. The molecule has 2 aromatic rings. The van der Waals surface area contributed by atoms with Crippen molar-refractivity contribution in [1.82, 2.24) is 4.90 Å². The fourth-order valence-corrected chi connectivity index (χ4v) is 3.49. The molecule has 0 spiro atoms.